The highest BCUT2D eigenvalue weighted by molar-refractivity contribution is 7.91. The number of nitrogens with one attached hydrogen (secondary N) is 1. The van der Waals surface area contributed by atoms with E-state index in [1.54, 1.807) is 23.6 Å². The fourth-order valence-electron chi connectivity index (χ4n) is 2.85. The molecule has 0 saturated carbocycles. The number of carbonyl (C=O) groups is 2. The van der Waals surface area contributed by atoms with Crippen molar-refractivity contribution in [2.75, 3.05) is 13.1 Å². The van der Waals surface area contributed by atoms with Crippen LogP contribution in [0, 0.1) is 0 Å². The van der Waals surface area contributed by atoms with Crippen molar-refractivity contribution in [1.82, 2.24) is 9.62 Å². The van der Waals surface area contributed by atoms with Gasteiger partial charge in [-0.1, -0.05) is 30.3 Å². The molecule has 0 fully saturated rings. The van der Waals surface area contributed by atoms with E-state index in [4.69, 9.17) is 0 Å². The summed E-state index contributed by atoms with van der Waals surface area (Å²) in [6, 6.07) is 9.00. The molecule has 0 saturated heterocycles. The summed E-state index contributed by atoms with van der Waals surface area (Å²) >= 11 is 1.04. The Balaban J connectivity index is 1.77. The van der Waals surface area contributed by atoms with E-state index in [-0.39, 0.29) is 10.8 Å². The maximum atomic E-state index is 12.5. The van der Waals surface area contributed by atoms with E-state index < -0.39 is 34.5 Å². The Morgan fingerprint density at radius 3 is 2.68 bits per heavy atom. The Bertz CT molecular complexity index is 893. The molecular weight excluding hydrogens is 364 g/mol. The smallest absolute Gasteiger partial charge is 0.331 e. The monoisotopic (exact) mass is 380 g/mol. The second-order valence-electron chi connectivity index (χ2n) is 5.53. The van der Waals surface area contributed by atoms with Crippen LogP contribution in [0.25, 0.3) is 0 Å². The molecule has 132 valence electrons. The third-order valence-electron chi connectivity index (χ3n) is 4.01. The van der Waals surface area contributed by atoms with E-state index >= 15 is 0 Å². The van der Waals surface area contributed by atoms with Crippen LogP contribution in [0.4, 0.5) is 0 Å². The predicted molar refractivity (Wildman–Crippen MR) is 91.7 cm³/mol. The van der Waals surface area contributed by atoms with Gasteiger partial charge >= 0.3 is 5.97 Å². The SMILES string of the molecule is O=C(O)C1c2ccccc2CCN1C(=O)CNS(=O)(=O)c1cccs1. The van der Waals surface area contributed by atoms with Gasteiger partial charge in [0.25, 0.3) is 10.0 Å². The summed E-state index contributed by atoms with van der Waals surface area (Å²) in [7, 11) is -3.78. The van der Waals surface area contributed by atoms with Crippen molar-refractivity contribution >= 4 is 33.2 Å². The molecule has 0 radical (unpaired) electrons. The largest absolute Gasteiger partial charge is 0.479 e. The van der Waals surface area contributed by atoms with Crippen molar-refractivity contribution < 1.29 is 23.1 Å². The zero-order valence-electron chi connectivity index (χ0n) is 13.1. The minimum absolute atomic E-state index is 0.110. The summed E-state index contributed by atoms with van der Waals surface area (Å²) in [5.74, 6) is -1.70. The Morgan fingerprint density at radius 1 is 1.24 bits per heavy atom. The van der Waals surface area contributed by atoms with Gasteiger partial charge in [-0.3, -0.25) is 4.79 Å². The highest BCUT2D eigenvalue weighted by atomic mass is 32.2. The third-order valence-corrected chi connectivity index (χ3v) is 6.81. The summed E-state index contributed by atoms with van der Waals surface area (Å²) in [4.78, 5) is 25.4. The normalized spacial score (nSPS) is 17.1. The number of thiophene rings is 1. The Morgan fingerprint density at radius 2 is 2.00 bits per heavy atom. The molecule has 9 heteroatoms. The van der Waals surface area contributed by atoms with Crippen LogP contribution < -0.4 is 4.72 Å². The van der Waals surface area contributed by atoms with Crippen LogP contribution in [-0.4, -0.2) is 43.4 Å². The molecule has 3 rings (SSSR count). The topological polar surface area (TPSA) is 104 Å². The van der Waals surface area contributed by atoms with E-state index in [0.29, 0.717) is 12.0 Å². The molecule has 0 spiro atoms. The van der Waals surface area contributed by atoms with Gasteiger partial charge in [-0.2, -0.15) is 0 Å². The van der Waals surface area contributed by atoms with Crippen LogP contribution in [-0.2, 0) is 26.0 Å². The second-order valence-corrected chi connectivity index (χ2v) is 8.47. The van der Waals surface area contributed by atoms with E-state index in [1.165, 1.54) is 11.0 Å². The standard InChI is InChI=1S/C16H16N2O5S2/c19-13(10-17-25(22,23)14-6-3-9-24-14)18-8-7-11-4-1-2-5-12(11)15(18)16(20)21/h1-6,9,15,17H,7-8,10H2,(H,20,21). The lowest BCUT2D eigenvalue weighted by molar-refractivity contribution is -0.150. The maximum Gasteiger partial charge on any atom is 0.331 e. The van der Waals surface area contributed by atoms with Crippen LogP contribution in [0.5, 0.6) is 0 Å². The Kier molecular flexibility index (Phi) is 4.89. The molecule has 25 heavy (non-hydrogen) atoms. The third kappa shape index (κ3) is 3.58. The van der Waals surface area contributed by atoms with Gasteiger partial charge in [0.2, 0.25) is 5.91 Å². The number of rotatable bonds is 5. The molecule has 1 atom stereocenters. The van der Waals surface area contributed by atoms with Gasteiger partial charge in [0.05, 0.1) is 6.54 Å². The summed E-state index contributed by atoms with van der Waals surface area (Å²) in [5.41, 5.74) is 1.45. The molecular formula is C16H16N2O5S2. The molecule has 0 aliphatic carbocycles. The second kappa shape index (κ2) is 6.95. The molecule has 1 amide bonds. The average molecular weight is 380 g/mol. The quantitative estimate of drug-likeness (QED) is 0.812. The van der Waals surface area contributed by atoms with Gasteiger partial charge in [0, 0.05) is 6.54 Å². The summed E-state index contributed by atoms with van der Waals surface area (Å²) in [6.45, 7) is -0.250. The average Bonchev–Trinajstić information content (AvgIpc) is 3.14. The number of benzene rings is 1. The number of sulfonamides is 1. The molecule has 1 unspecified atom stereocenters. The zero-order valence-corrected chi connectivity index (χ0v) is 14.7. The lowest BCUT2D eigenvalue weighted by Crippen LogP contribution is -2.47. The van der Waals surface area contributed by atoms with Gasteiger partial charge in [-0.15, -0.1) is 11.3 Å². The first-order valence-electron chi connectivity index (χ1n) is 7.53. The number of aliphatic carboxylic acids is 1. The van der Waals surface area contributed by atoms with Crippen molar-refractivity contribution in [3.63, 3.8) is 0 Å². The molecule has 2 aromatic rings. The fraction of sp³-hybridized carbons (Fsp3) is 0.250. The molecule has 1 aliphatic heterocycles. The van der Waals surface area contributed by atoms with Gasteiger partial charge in [0.15, 0.2) is 6.04 Å². The molecule has 2 N–H and O–H groups in total. The van der Waals surface area contributed by atoms with Gasteiger partial charge in [-0.25, -0.2) is 17.9 Å². The van der Waals surface area contributed by atoms with Crippen molar-refractivity contribution in [3.05, 3.63) is 52.9 Å². The number of carboxylic acids is 1. The lowest BCUT2D eigenvalue weighted by atomic mass is 9.92. The van der Waals surface area contributed by atoms with E-state index in [9.17, 15) is 23.1 Å². The maximum absolute atomic E-state index is 12.5. The lowest BCUT2D eigenvalue weighted by Gasteiger charge is -2.34. The minimum atomic E-state index is -3.78. The highest BCUT2D eigenvalue weighted by Gasteiger charge is 2.35. The summed E-state index contributed by atoms with van der Waals surface area (Å²) in [6.07, 6.45) is 0.531. The van der Waals surface area contributed by atoms with Crippen molar-refractivity contribution in [3.8, 4) is 0 Å². The first kappa shape index (κ1) is 17.6. The zero-order chi connectivity index (χ0) is 18.0. The number of carboxylic acid groups (broad SMARTS) is 1. The van der Waals surface area contributed by atoms with Gasteiger partial charge in [-0.05, 0) is 29.0 Å². The number of amides is 1. The molecule has 1 aliphatic rings. The number of hydrogen-bond acceptors (Lipinski definition) is 5. The van der Waals surface area contributed by atoms with Crippen molar-refractivity contribution in [2.45, 2.75) is 16.7 Å². The van der Waals surface area contributed by atoms with E-state index in [2.05, 4.69) is 4.72 Å². The number of fused-ring (bicyclic) bond motifs is 1. The van der Waals surface area contributed by atoms with Crippen molar-refractivity contribution in [1.29, 1.82) is 0 Å². The van der Waals surface area contributed by atoms with Crippen LogP contribution in [0.3, 0.4) is 0 Å². The Labute approximate surface area is 149 Å². The van der Waals surface area contributed by atoms with Crippen LogP contribution in [0.2, 0.25) is 0 Å². The van der Waals surface area contributed by atoms with Crippen molar-refractivity contribution in [2.24, 2.45) is 0 Å². The summed E-state index contributed by atoms with van der Waals surface area (Å²) < 4.78 is 26.6. The number of carbonyl (C=O) groups excluding carboxylic acids is 1. The van der Waals surface area contributed by atoms with Crippen LogP contribution >= 0.6 is 11.3 Å². The molecule has 7 nitrogen and oxygen atoms in total. The van der Waals surface area contributed by atoms with E-state index in [0.717, 1.165) is 16.9 Å². The molecule has 0 bridgehead atoms. The first-order valence-corrected chi connectivity index (χ1v) is 9.89. The predicted octanol–water partition coefficient (Wildman–Crippen LogP) is 1.24. The minimum Gasteiger partial charge on any atom is -0.479 e. The fourth-order valence-corrected chi connectivity index (χ4v) is 4.86. The number of hydrogen-bond donors (Lipinski definition) is 2. The molecule has 1 aromatic carbocycles. The first-order chi connectivity index (χ1) is 11.9. The highest BCUT2D eigenvalue weighted by Crippen LogP contribution is 2.30. The van der Waals surface area contributed by atoms with Crippen LogP contribution in [0.1, 0.15) is 17.2 Å². The Hall–Kier alpha value is -2.23. The number of nitrogens with zero attached hydrogens (tertiary/aromatic N) is 1. The van der Waals surface area contributed by atoms with Gasteiger partial charge < -0.3 is 10.0 Å². The molecule has 2 heterocycles. The molecule has 1 aromatic heterocycles. The van der Waals surface area contributed by atoms with E-state index in [1.807, 2.05) is 12.1 Å². The van der Waals surface area contributed by atoms with Crippen LogP contribution in [0.15, 0.2) is 46.0 Å². The van der Waals surface area contributed by atoms with Gasteiger partial charge in [0.1, 0.15) is 4.21 Å². The summed E-state index contributed by atoms with van der Waals surface area (Å²) in [5, 5.41) is 11.2.